The lowest BCUT2D eigenvalue weighted by atomic mass is 9.77. The highest BCUT2D eigenvalue weighted by Gasteiger charge is 2.55. The number of esters is 2. The van der Waals surface area contributed by atoms with Gasteiger partial charge in [-0.05, 0) is 78.3 Å². The lowest BCUT2D eigenvalue weighted by Crippen LogP contribution is -2.71. The number of anilines is 1. The smallest absolute Gasteiger partial charge is 0.355 e. The lowest BCUT2D eigenvalue weighted by Gasteiger charge is -2.49. The molecule has 5 heterocycles. The number of nitrogens with one attached hydrogen (secondary N) is 2. The molecular formula is C55H49N7O11S4. The average molecular weight is 1110 g/mol. The summed E-state index contributed by atoms with van der Waals surface area (Å²) in [5, 5.41) is 31.9. The molecule has 0 spiro atoms. The van der Waals surface area contributed by atoms with Gasteiger partial charge in [0.15, 0.2) is 10.8 Å². The number of β-lactam (4-membered cyclic amide) rings is 1. The first-order valence-electron chi connectivity index (χ1n) is 23.7. The number of thioether (sulfide) groups is 2. The summed E-state index contributed by atoms with van der Waals surface area (Å²) in [5.74, 6) is -4.41. The monoisotopic (exact) mass is 1110 g/mol. The van der Waals surface area contributed by atoms with Gasteiger partial charge in [-0.15, -0.1) is 34.9 Å². The summed E-state index contributed by atoms with van der Waals surface area (Å²) in [6, 6.07) is 38.4. The number of carbonyl (C=O) groups is 5. The van der Waals surface area contributed by atoms with Gasteiger partial charge in [0.25, 0.3) is 11.8 Å². The van der Waals surface area contributed by atoms with Crippen LogP contribution in [0.1, 0.15) is 70.7 Å². The first-order chi connectivity index (χ1) is 37.1. The number of aromatic nitrogens is 3. The molecule has 22 heteroatoms. The molecule has 3 aromatic heterocycles. The van der Waals surface area contributed by atoms with Gasteiger partial charge in [-0.1, -0.05) is 114 Å². The van der Waals surface area contributed by atoms with E-state index in [2.05, 4.69) is 25.1 Å². The first-order valence-corrected chi connectivity index (χ1v) is 27.4. The molecule has 0 aliphatic carbocycles. The van der Waals surface area contributed by atoms with Gasteiger partial charge in [0.05, 0.1) is 11.3 Å². The number of benzene rings is 4. The number of rotatable bonds is 20. The van der Waals surface area contributed by atoms with E-state index in [9.17, 15) is 34.2 Å². The van der Waals surface area contributed by atoms with Gasteiger partial charge in [0.1, 0.15) is 51.9 Å². The second kappa shape index (κ2) is 23.5. The second-order valence-electron chi connectivity index (χ2n) is 18.3. The van der Waals surface area contributed by atoms with Crippen molar-refractivity contribution in [3.8, 4) is 11.6 Å². The van der Waals surface area contributed by atoms with E-state index in [0.717, 1.165) is 40.0 Å². The molecule has 394 valence electrons. The third-order valence-electron chi connectivity index (χ3n) is 12.0. The van der Waals surface area contributed by atoms with E-state index in [4.69, 9.17) is 24.0 Å². The number of aromatic hydroxyl groups is 1. The maximum Gasteiger partial charge on any atom is 0.355 e. The fourth-order valence-corrected chi connectivity index (χ4v) is 12.6. The van der Waals surface area contributed by atoms with E-state index in [1.165, 1.54) is 47.5 Å². The standard InChI is InChI=1S/C55H49N7O11S4/c1-54(2,3)72-51(69)44(33-15-14-26-56-27-33)73-60-41(39-31-76-53(57-39)59-55(35-16-8-5-9-17-35,36-18-10-6-11-19-36)37-20-12-7-13-21-37)46(64)58-42-47(65)62-43(50(68)71-28-32-22-24-38(70-4)25-23-32)34(29-74-48(42)62)30-75-52-40(49(66)67)45(63)61-77-52/h5-27,31,42,44,48H,28-30H2,1-4H3,(H,57,59)(H,58,64)(H,61,63)(H,66,67)/b60-41-/t42-,44-,48+/m1/s1. The van der Waals surface area contributed by atoms with Crippen LogP contribution in [0.5, 0.6) is 11.6 Å². The number of carbonyl (C=O) groups excluding carboxylic acids is 4. The molecule has 2 aliphatic rings. The summed E-state index contributed by atoms with van der Waals surface area (Å²) in [6.07, 6.45) is 1.45. The minimum absolute atomic E-state index is 0.0274. The number of nitrogens with zero attached hydrogens (tertiary/aromatic N) is 5. The summed E-state index contributed by atoms with van der Waals surface area (Å²) in [4.78, 5) is 85.8. The van der Waals surface area contributed by atoms with Crippen molar-refractivity contribution in [1.82, 2.24) is 24.6 Å². The van der Waals surface area contributed by atoms with Crippen molar-refractivity contribution in [2.45, 2.75) is 60.2 Å². The van der Waals surface area contributed by atoms with Gasteiger partial charge in [-0.2, -0.15) is 4.37 Å². The molecule has 2 aliphatic heterocycles. The van der Waals surface area contributed by atoms with Gasteiger partial charge in [0, 0.05) is 34.8 Å². The number of amides is 2. The molecular weight excluding hydrogens is 1060 g/mol. The molecule has 1 saturated heterocycles. The molecule has 2 amide bonds. The minimum atomic E-state index is -1.49. The van der Waals surface area contributed by atoms with Crippen LogP contribution in [-0.4, -0.2) is 101 Å². The Morgan fingerprint density at radius 3 is 2.13 bits per heavy atom. The molecule has 9 rings (SSSR count). The molecule has 4 aromatic carbocycles. The molecule has 0 bridgehead atoms. The van der Waals surface area contributed by atoms with Crippen LogP contribution in [0.25, 0.3) is 0 Å². The number of methoxy groups -OCH3 is 1. The zero-order valence-electron chi connectivity index (χ0n) is 41.6. The summed E-state index contributed by atoms with van der Waals surface area (Å²) < 4.78 is 20.8. The number of ether oxygens (including phenoxy) is 3. The van der Waals surface area contributed by atoms with Gasteiger partial charge < -0.3 is 39.9 Å². The average Bonchev–Trinajstić information content (AvgIpc) is 4.12. The number of thiazole rings is 1. The normalized spacial score (nSPS) is 15.9. The van der Waals surface area contributed by atoms with Crippen molar-refractivity contribution >= 4 is 87.0 Å². The zero-order valence-corrected chi connectivity index (χ0v) is 44.9. The van der Waals surface area contributed by atoms with Crippen molar-refractivity contribution in [3.05, 3.63) is 196 Å². The minimum Gasteiger partial charge on any atom is -0.497 e. The van der Waals surface area contributed by atoms with Crippen LogP contribution in [0.4, 0.5) is 5.13 Å². The van der Waals surface area contributed by atoms with Crippen LogP contribution in [0.15, 0.2) is 166 Å². The SMILES string of the molecule is COc1ccc(COC(=O)C2=C(CSc3snc(O)c3C(=O)O)CS[C@H]3[C@H](NC(=O)/C(=N\O[C@@H](C(=O)OC(C)(C)C)c4cccnc4)c4csc(NC(c5ccccc5)(c5ccccc5)c5ccccc5)n4)C(=O)N23)cc1. The van der Waals surface area contributed by atoms with Crippen LogP contribution in [0.2, 0.25) is 0 Å². The van der Waals surface area contributed by atoms with Gasteiger partial charge in [-0.25, -0.2) is 19.4 Å². The Kier molecular flexibility index (Phi) is 16.4. The predicted octanol–water partition coefficient (Wildman–Crippen LogP) is 8.80. The Balaban J connectivity index is 1.05. The van der Waals surface area contributed by atoms with Crippen molar-refractivity contribution in [3.63, 3.8) is 0 Å². The fourth-order valence-electron chi connectivity index (χ4n) is 8.45. The molecule has 0 unspecified atom stereocenters. The van der Waals surface area contributed by atoms with Crippen LogP contribution < -0.4 is 15.4 Å². The molecule has 7 aromatic rings. The Labute approximate surface area is 458 Å². The van der Waals surface area contributed by atoms with Crippen molar-refractivity contribution in [2.24, 2.45) is 5.16 Å². The lowest BCUT2D eigenvalue weighted by molar-refractivity contribution is -0.169. The highest BCUT2D eigenvalue weighted by Crippen LogP contribution is 2.44. The van der Waals surface area contributed by atoms with Crippen LogP contribution >= 0.6 is 46.4 Å². The van der Waals surface area contributed by atoms with Crippen LogP contribution in [0, 0.1) is 0 Å². The quantitative estimate of drug-likeness (QED) is 0.0139. The Morgan fingerprint density at radius 2 is 1.55 bits per heavy atom. The highest BCUT2D eigenvalue weighted by molar-refractivity contribution is 8.02. The maximum atomic E-state index is 14.9. The molecule has 77 heavy (non-hydrogen) atoms. The number of hydrogen-bond acceptors (Lipinski definition) is 19. The topological polar surface area (TPSA) is 241 Å². The first kappa shape index (κ1) is 53.8. The summed E-state index contributed by atoms with van der Waals surface area (Å²) in [7, 11) is 1.53. The van der Waals surface area contributed by atoms with Crippen LogP contribution in [0.3, 0.4) is 0 Å². The van der Waals surface area contributed by atoms with Gasteiger partial charge in [-0.3, -0.25) is 19.5 Å². The molecule has 3 atom stereocenters. The van der Waals surface area contributed by atoms with Crippen molar-refractivity contribution in [2.75, 3.05) is 23.9 Å². The number of carboxylic acid groups (broad SMARTS) is 1. The highest BCUT2D eigenvalue weighted by atomic mass is 32.2. The number of fused-ring (bicyclic) bond motifs is 1. The Morgan fingerprint density at radius 1 is 0.896 bits per heavy atom. The third kappa shape index (κ3) is 11.8. The molecule has 4 N–H and O–H groups in total. The number of aromatic carboxylic acids is 1. The largest absolute Gasteiger partial charge is 0.497 e. The predicted molar refractivity (Wildman–Crippen MR) is 292 cm³/mol. The van der Waals surface area contributed by atoms with Crippen molar-refractivity contribution in [1.29, 1.82) is 0 Å². The number of hydrogen-bond donors (Lipinski definition) is 4. The number of pyridine rings is 1. The van der Waals surface area contributed by atoms with Gasteiger partial charge >= 0.3 is 17.9 Å². The molecule has 0 saturated carbocycles. The Hall–Kier alpha value is -8.05. The molecule has 18 nitrogen and oxygen atoms in total. The van der Waals surface area contributed by atoms with Crippen molar-refractivity contribution < 1.29 is 53.2 Å². The third-order valence-corrected chi connectivity index (χ3v) is 16.3. The fraction of sp³-hybridized carbons (Fsp3) is 0.218. The summed E-state index contributed by atoms with van der Waals surface area (Å²) >= 11 is 4.27. The summed E-state index contributed by atoms with van der Waals surface area (Å²) in [5.41, 5.74) is 1.31. The second-order valence-corrected chi connectivity index (χ2v) is 22.2. The molecule has 0 radical (unpaired) electrons. The number of oxime groups is 1. The zero-order chi connectivity index (χ0) is 54.3. The van der Waals surface area contributed by atoms with Crippen LogP contribution in [-0.2, 0) is 45.6 Å². The van der Waals surface area contributed by atoms with E-state index < -0.39 is 70.0 Å². The van der Waals surface area contributed by atoms with E-state index in [1.54, 1.807) is 62.5 Å². The van der Waals surface area contributed by atoms with E-state index in [1.807, 2.05) is 91.0 Å². The Bertz CT molecular complexity index is 3240. The maximum absolute atomic E-state index is 14.9. The molecule has 1 fully saturated rings. The van der Waals surface area contributed by atoms with E-state index in [0.29, 0.717) is 22.0 Å². The summed E-state index contributed by atoms with van der Waals surface area (Å²) in [6.45, 7) is 4.94. The van der Waals surface area contributed by atoms with E-state index in [-0.39, 0.29) is 44.8 Å². The van der Waals surface area contributed by atoms with Gasteiger partial charge in [0.2, 0.25) is 12.0 Å². The van der Waals surface area contributed by atoms with E-state index >= 15 is 0 Å². The number of carboxylic acids is 1.